The largest absolute Gasteiger partial charge is 0.446 e. The van der Waals surface area contributed by atoms with Crippen LogP contribution in [-0.4, -0.2) is 5.51 Å². The summed E-state index contributed by atoms with van der Waals surface area (Å²) in [5.41, 5.74) is -3.93. The van der Waals surface area contributed by atoms with Gasteiger partial charge in [0.2, 0.25) is 0 Å². The Hall–Kier alpha value is -0.710. The van der Waals surface area contributed by atoms with Crippen LogP contribution in [0.3, 0.4) is 0 Å². The fraction of sp³-hybridized carbons (Fsp3) is 0.222. The molecule has 1 radical (unpaired) electrons. The van der Waals surface area contributed by atoms with Gasteiger partial charge in [-0.25, -0.2) is 4.39 Å². The van der Waals surface area contributed by atoms with E-state index in [9.17, 15) is 17.6 Å². The second-order valence-corrected chi connectivity index (χ2v) is 3.73. The molecular formula is C9H7F4S. The van der Waals surface area contributed by atoms with Gasteiger partial charge in [-0.15, -0.1) is 0 Å². The molecule has 1 aromatic rings. The van der Waals surface area contributed by atoms with Crippen LogP contribution in [0.1, 0.15) is 5.56 Å². The topological polar surface area (TPSA) is 0 Å². The van der Waals surface area contributed by atoms with Crippen LogP contribution < -0.4 is 0 Å². The lowest BCUT2D eigenvalue weighted by Crippen LogP contribution is -1.99. The quantitative estimate of drug-likeness (QED) is 0.542. The van der Waals surface area contributed by atoms with Crippen molar-refractivity contribution in [2.45, 2.75) is 16.8 Å². The molecule has 0 bridgehead atoms. The van der Waals surface area contributed by atoms with Gasteiger partial charge in [0.15, 0.2) is 0 Å². The summed E-state index contributed by atoms with van der Waals surface area (Å²) in [6, 6.07) is 3.32. The Morgan fingerprint density at radius 1 is 1.21 bits per heavy atom. The summed E-state index contributed by atoms with van der Waals surface area (Å²) < 4.78 is 48.6. The molecule has 0 aliphatic carbocycles. The Bertz CT molecular complexity index is 319. The summed E-state index contributed by atoms with van der Waals surface area (Å²) >= 11 is -0.323. The predicted molar refractivity (Wildman–Crippen MR) is 47.4 cm³/mol. The number of alkyl halides is 3. The maximum Gasteiger partial charge on any atom is 0.446 e. The summed E-state index contributed by atoms with van der Waals surface area (Å²) in [6.07, 6.45) is 0.267. The number of hydrogen-bond acceptors (Lipinski definition) is 1. The molecule has 0 saturated carbocycles. The molecule has 0 atom stereocenters. The van der Waals surface area contributed by atoms with Crippen molar-refractivity contribution >= 4 is 11.8 Å². The fourth-order valence-corrected chi connectivity index (χ4v) is 1.61. The van der Waals surface area contributed by atoms with Crippen LogP contribution in [0.15, 0.2) is 23.1 Å². The molecule has 0 nitrogen and oxygen atoms in total. The monoisotopic (exact) mass is 223 g/mol. The second kappa shape index (κ2) is 4.21. The third-order valence-corrected chi connectivity index (χ3v) is 2.16. The Morgan fingerprint density at radius 2 is 1.86 bits per heavy atom. The van der Waals surface area contributed by atoms with E-state index >= 15 is 0 Å². The fourth-order valence-electron chi connectivity index (χ4n) is 0.958. The molecule has 14 heavy (non-hydrogen) atoms. The zero-order valence-electron chi connectivity index (χ0n) is 7.07. The predicted octanol–water partition coefficient (Wildman–Crippen LogP) is 3.81. The van der Waals surface area contributed by atoms with Crippen molar-refractivity contribution in [3.8, 4) is 0 Å². The summed E-state index contributed by atoms with van der Waals surface area (Å²) in [4.78, 5) is -0.142. The van der Waals surface area contributed by atoms with Gasteiger partial charge in [-0.3, -0.25) is 0 Å². The van der Waals surface area contributed by atoms with E-state index in [-0.39, 0.29) is 23.1 Å². The van der Waals surface area contributed by atoms with Crippen molar-refractivity contribution in [2.75, 3.05) is 0 Å². The Morgan fingerprint density at radius 3 is 2.36 bits per heavy atom. The number of thioether (sulfide) groups is 1. The smallest absolute Gasteiger partial charge is 0.207 e. The van der Waals surface area contributed by atoms with E-state index in [0.717, 1.165) is 6.07 Å². The van der Waals surface area contributed by atoms with Gasteiger partial charge >= 0.3 is 5.51 Å². The van der Waals surface area contributed by atoms with Crippen LogP contribution in [0.5, 0.6) is 0 Å². The molecule has 0 aromatic heterocycles. The lowest BCUT2D eigenvalue weighted by atomic mass is 10.2. The third-order valence-electron chi connectivity index (χ3n) is 1.45. The number of rotatable bonds is 2. The van der Waals surface area contributed by atoms with Crippen molar-refractivity contribution in [3.05, 3.63) is 36.5 Å². The van der Waals surface area contributed by atoms with Crippen LogP contribution in [0.2, 0.25) is 0 Å². The van der Waals surface area contributed by atoms with E-state index in [2.05, 4.69) is 6.92 Å². The van der Waals surface area contributed by atoms with E-state index in [1.165, 1.54) is 12.1 Å². The highest BCUT2D eigenvalue weighted by molar-refractivity contribution is 8.00. The minimum atomic E-state index is -4.38. The van der Waals surface area contributed by atoms with Gasteiger partial charge in [0.25, 0.3) is 0 Å². The van der Waals surface area contributed by atoms with Gasteiger partial charge < -0.3 is 0 Å². The van der Waals surface area contributed by atoms with E-state index in [0.29, 0.717) is 5.56 Å². The molecule has 0 unspecified atom stereocenters. The Labute approximate surface area is 83.3 Å². The van der Waals surface area contributed by atoms with Crippen molar-refractivity contribution in [1.82, 2.24) is 0 Å². The number of halogens is 4. The van der Waals surface area contributed by atoms with Crippen LogP contribution in [0.25, 0.3) is 0 Å². The van der Waals surface area contributed by atoms with Crippen molar-refractivity contribution in [3.63, 3.8) is 0 Å². The molecular weight excluding hydrogens is 216 g/mol. The van der Waals surface area contributed by atoms with Gasteiger partial charge in [0.1, 0.15) is 5.82 Å². The van der Waals surface area contributed by atoms with Gasteiger partial charge in [0, 0.05) is 4.90 Å². The average Bonchev–Trinajstić information content (AvgIpc) is 1.99. The van der Waals surface area contributed by atoms with E-state index in [1.54, 1.807) is 0 Å². The standard InChI is InChI=1S/C9H7F4S/c1-2-6-3-7(10)5-8(4-6)14-9(11,12)13/h3-5H,1-2H2. The average molecular weight is 223 g/mol. The highest BCUT2D eigenvalue weighted by atomic mass is 32.2. The second-order valence-electron chi connectivity index (χ2n) is 2.59. The number of benzene rings is 1. The van der Waals surface area contributed by atoms with Crippen molar-refractivity contribution < 1.29 is 17.6 Å². The lowest BCUT2D eigenvalue weighted by Gasteiger charge is -2.06. The third kappa shape index (κ3) is 3.57. The Kier molecular flexibility index (Phi) is 3.42. The van der Waals surface area contributed by atoms with Crippen LogP contribution in [0.4, 0.5) is 17.6 Å². The summed E-state index contributed by atoms with van der Waals surface area (Å²) in [7, 11) is 0. The zero-order valence-corrected chi connectivity index (χ0v) is 7.88. The van der Waals surface area contributed by atoms with Crippen molar-refractivity contribution in [1.29, 1.82) is 0 Å². The molecule has 0 N–H and O–H groups in total. The van der Waals surface area contributed by atoms with Gasteiger partial charge in [-0.1, -0.05) is 0 Å². The molecule has 0 saturated heterocycles. The van der Waals surface area contributed by atoms with Crippen LogP contribution in [0, 0.1) is 12.7 Å². The first-order valence-electron chi connectivity index (χ1n) is 3.75. The zero-order chi connectivity index (χ0) is 10.8. The van der Waals surface area contributed by atoms with Gasteiger partial charge in [0.05, 0.1) is 0 Å². The first kappa shape index (κ1) is 11.4. The minimum Gasteiger partial charge on any atom is -0.207 e. The Balaban J connectivity index is 2.92. The van der Waals surface area contributed by atoms with Crippen molar-refractivity contribution in [2.24, 2.45) is 0 Å². The molecule has 0 aliphatic heterocycles. The summed E-state index contributed by atoms with van der Waals surface area (Å²) in [6.45, 7) is 3.48. The first-order chi connectivity index (χ1) is 6.40. The number of hydrogen-bond donors (Lipinski definition) is 0. The molecule has 0 heterocycles. The summed E-state index contributed by atoms with van der Waals surface area (Å²) in [5, 5.41) is 0. The molecule has 5 heteroatoms. The molecule has 0 amide bonds. The molecule has 1 aromatic carbocycles. The summed E-state index contributed by atoms with van der Waals surface area (Å²) in [5.74, 6) is -0.669. The lowest BCUT2D eigenvalue weighted by molar-refractivity contribution is -0.0328. The molecule has 0 spiro atoms. The van der Waals surface area contributed by atoms with Gasteiger partial charge in [-0.05, 0) is 48.9 Å². The van der Waals surface area contributed by atoms with E-state index in [4.69, 9.17) is 0 Å². The maximum absolute atomic E-state index is 12.8. The molecule has 0 fully saturated rings. The SMILES string of the molecule is [CH2]Cc1cc(F)cc(SC(F)(F)F)c1. The molecule has 77 valence electrons. The van der Waals surface area contributed by atoms with E-state index in [1.807, 2.05) is 0 Å². The normalized spacial score (nSPS) is 11.8. The molecule has 0 aliphatic rings. The minimum absolute atomic E-state index is 0.142. The molecule has 1 rings (SSSR count). The van der Waals surface area contributed by atoms with E-state index < -0.39 is 11.3 Å². The first-order valence-corrected chi connectivity index (χ1v) is 4.57. The highest BCUT2D eigenvalue weighted by Crippen LogP contribution is 2.37. The highest BCUT2D eigenvalue weighted by Gasteiger charge is 2.29. The van der Waals surface area contributed by atoms with Crippen LogP contribution >= 0.6 is 11.8 Å². The van der Waals surface area contributed by atoms with Crippen LogP contribution in [-0.2, 0) is 6.42 Å². The maximum atomic E-state index is 12.8. The van der Waals surface area contributed by atoms with Gasteiger partial charge in [-0.2, -0.15) is 13.2 Å².